The number of amides is 2. The van der Waals surface area contributed by atoms with Crippen molar-refractivity contribution in [2.24, 2.45) is 5.92 Å². The molecule has 0 spiro atoms. The number of aliphatic carboxylic acids is 1. The molecule has 1 unspecified atom stereocenters. The molecule has 1 aromatic rings. The van der Waals surface area contributed by atoms with E-state index in [9.17, 15) is 9.59 Å². The summed E-state index contributed by atoms with van der Waals surface area (Å²) >= 11 is 1.52. The van der Waals surface area contributed by atoms with Crippen LogP contribution in [0.1, 0.15) is 25.0 Å². The fraction of sp³-hybridized carbons (Fsp3) is 0.615. The highest BCUT2D eigenvalue weighted by atomic mass is 32.1. The van der Waals surface area contributed by atoms with Crippen molar-refractivity contribution in [3.8, 4) is 0 Å². The molecular formula is C13H19N3O3S. The number of carbonyl (C=O) groups is 2. The van der Waals surface area contributed by atoms with Crippen LogP contribution in [0.5, 0.6) is 0 Å². The number of hydrogen-bond donors (Lipinski definition) is 1. The van der Waals surface area contributed by atoms with E-state index in [0.717, 1.165) is 12.1 Å². The average Bonchev–Trinajstić information content (AvgIpc) is 3.06. The molecule has 1 N–H and O–H groups in total. The van der Waals surface area contributed by atoms with Gasteiger partial charge in [-0.15, -0.1) is 11.3 Å². The van der Waals surface area contributed by atoms with Crippen molar-refractivity contribution in [1.82, 2.24) is 14.8 Å². The van der Waals surface area contributed by atoms with Gasteiger partial charge in [-0.3, -0.25) is 4.79 Å². The van der Waals surface area contributed by atoms with Crippen molar-refractivity contribution in [1.29, 1.82) is 0 Å². The first kappa shape index (κ1) is 14.8. The summed E-state index contributed by atoms with van der Waals surface area (Å²) < 4.78 is 0. The summed E-state index contributed by atoms with van der Waals surface area (Å²) in [6.07, 6.45) is 1.72. The van der Waals surface area contributed by atoms with Crippen LogP contribution in [0.4, 0.5) is 4.79 Å². The molecule has 0 aliphatic carbocycles. The van der Waals surface area contributed by atoms with Crippen LogP contribution in [0.2, 0.25) is 0 Å². The SMILES string of the molecule is CN(Cc1cscn1)C(=O)N1CCC(CCC(=O)O)C1. The maximum atomic E-state index is 12.3. The number of aromatic nitrogens is 1. The third-order valence-electron chi connectivity index (χ3n) is 3.53. The Morgan fingerprint density at radius 1 is 1.60 bits per heavy atom. The zero-order chi connectivity index (χ0) is 14.5. The smallest absolute Gasteiger partial charge is 0.320 e. The molecule has 0 aromatic carbocycles. The van der Waals surface area contributed by atoms with Gasteiger partial charge in [0.1, 0.15) is 0 Å². The van der Waals surface area contributed by atoms with E-state index >= 15 is 0 Å². The van der Waals surface area contributed by atoms with Gasteiger partial charge in [-0.25, -0.2) is 9.78 Å². The average molecular weight is 297 g/mol. The number of hydrogen-bond acceptors (Lipinski definition) is 4. The van der Waals surface area contributed by atoms with Crippen LogP contribution in [0.3, 0.4) is 0 Å². The van der Waals surface area contributed by atoms with Gasteiger partial charge in [0, 0.05) is 31.9 Å². The van der Waals surface area contributed by atoms with Crippen LogP contribution >= 0.6 is 11.3 Å². The van der Waals surface area contributed by atoms with Crippen LogP contribution in [0.25, 0.3) is 0 Å². The topological polar surface area (TPSA) is 73.7 Å². The Kier molecular flexibility index (Phi) is 4.94. The lowest BCUT2D eigenvalue weighted by molar-refractivity contribution is -0.137. The molecule has 1 atom stereocenters. The van der Waals surface area contributed by atoms with Crippen LogP contribution in [-0.2, 0) is 11.3 Å². The van der Waals surface area contributed by atoms with Gasteiger partial charge in [0.25, 0.3) is 0 Å². The molecule has 1 saturated heterocycles. The fourth-order valence-electron chi connectivity index (χ4n) is 2.44. The lowest BCUT2D eigenvalue weighted by Gasteiger charge is -2.24. The number of urea groups is 1. The van der Waals surface area contributed by atoms with Crippen molar-refractivity contribution in [2.75, 3.05) is 20.1 Å². The van der Waals surface area contributed by atoms with Crippen LogP contribution in [0.15, 0.2) is 10.9 Å². The Morgan fingerprint density at radius 3 is 3.05 bits per heavy atom. The number of rotatable bonds is 5. The number of likely N-dealkylation sites (tertiary alicyclic amines) is 1. The van der Waals surface area contributed by atoms with E-state index in [4.69, 9.17) is 5.11 Å². The minimum Gasteiger partial charge on any atom is -0.481 e. The number of carboxylic acids is 1. The molecule has 1 aliphatic heterocycles. The maximum absolute atomic E-state index is 12.3. The van der Waals surface area contributed by atoms with Gasteiger partial charge in [-0.1, -0.05) is 0 Å². The molecule has 0 radical (unpaired) electrons. The fourth-order valence-corrected chi connectivity index (χ4v) is 2.99. The number of carbonyl (C=O) groups excluding carboxylic acids is 1. The molecule has 2 heterocycles. The summed E-state index contributed by atoms with van der Waals surface area (Å²) in [5.74, 6) is -0.460. The van der Waals surface area contributed by atoms with Gasteiger partial charge in [-0.2, -0.15) is 0 Å². The van der Waals surface area contributed by atoms with E-state index in [2.05, 4.69) is 4.98 Å². The largest absolute Gasteiger partial charge is 0.481 e. The Morgan fingerprint density at radius 2 is 2.40 bits per heavy atom. The molecule has 6 nitrogen and oxygen atoms in total. The van der Waals surface area contributed by atoms with Gasteiger partial charge in [0.15, 0.2) is 0 Å². The minimum absolute atomic E-state index is 0.00387. The van der Waals surface area contributed by atoms with E-state index < -0.39 is 5.97 Å². The second kappa shape index (κ2) is 6.69. The molecule has 1 fully saturated rings. The number of nitrogens with zero attached hydrogens (tertiary/aromatic N) is 3. The zero-order valence-electron chi connectivity index (χ0n) is 11.5. The number of thiazole rings is 1. The Balaban J connectivity index is 1.80. The van der Waals surface area contributed by atoms with Gasteiger partial charge >= 0.3 is 12.0 Å². The third kappa shape index (κ3) is 3.93. The minimum atomic E-state index is -0.768. The van der Waals surface area contributed by atoms with Gasteiger partial charge in [0.2, 0.25) is 0 Å². The predicted octanol–water partition coefficient (Wildman–Crippen LogP) is 1.88. The predicted molar refractivity (Wildman–Crippen MR) is 75.5 cm³/mol. The standard InChI is InChI=1S/C13H19N3O3S/c1-15(7-11-8-20-9-14-11)13(19)16-5-4-10(6-16)2-3-12(17)18/h8-10H,2-7H2,1H3,(H,17,18). The third-order valence-corrected chi connectivity index (χ3v) is 4.17. The first-order valence-corrected chi connectivity index (χ1v) is 7.59. The molecule has 7 heteroatoms. The lowest BCUT2D eigenvalue weighted by Crippen LogP contribution is -2.39. The monoisotopic (exact) mass is 297 g/mol. The molecule has 1 aromatic heterocycles. The first-order valence-electron chi connectivity index (χ1n) is 6.65. The van der Waals surface area contributed by atoms with E-state index in [0.29, 0.717) is 32.0 Å². The second-order valence-corrected chi connectivity index (χ2v) is 5.87. The van der Waals surface area contributed by atoms with E-state index in [1.165, 1.54) is 11.3 Å². The molecule has 2 amide bonds. The highest BCUT2D eigenvalue weighted by molar-refractivity contribution is 7.07. The van der Waals surface area contributed by atoms with Gasteiger partial charge in [-0.05, 0) is 18.8 Å². The summed E-state index contributed by atoms with van der Waals surface area (Å²) in [6.45, 7) is 1.89. The van der Waals surface area contributed by atoms with Crippen LogP contribution < -0.4 is 0 Å². The van der Waals surface area contributed by atoms with Gasteiger partial charge < -0.3 is 14.9 Å². The second-order valence-electron chi connectivity index (χ2n) is 5.15. The Hall–Kier alpha value is -1.63. The quantitative estimate of drug-likeness (QED) is 0.900. The Bertz CT molecular complexity index is 463. The van der Waals surface area contributed by atoms with E-state index in [1.807, 2.05) is 5.38 Å². The van der Waals surface area contributed by atoms with Gasteiger partial charge in [0.05, 0.1) is 17.7 Å². The summed E-state index contributed by atoms with van der Waals surface area (Å²) in [6, 6.07) is -0.00387. The zero-order valence-corrected chi connectivity index (χ0v) is 12.3. The normalized spacial score (nSPS) is 18.2. The highest BCUT2D eigenvalue weighted by Crippen LogP contribution is 2.22. The number of carboxylic acid groups (broad SMARTS) is 1. The summed E-state index contributed by atoms with van der Waals surface area (Å²) in [4.78, 5) is 30.5. The van der Waals surface area contributed by atoms with E-state index in [-0.39, 0.29) is 12.5 Å². The summed E-state index contributed by atoms with van der Waals surface area (Å²) in [5, 5.41) is 10.6. The van der Waals surface area contributed by atoms with Crippen LogP contribution in [-0.4, -0.2) is 52.0 Å². The molecule has 20 heavy (non-hydrogen) atoms. The molecule has 110 valence electrons. The molecule has 0 bridgehead atoms. The Labute approximate surface area is 122 Å². The van der Waals surface area contributed by atoms with E-state index in [1.54, 1.807) is 22.4 Å². The molecule has 1 aliphatic rings. The summed E-state index contributed by atoms with van der Waals surface area (Å²) in [5.41, 5.74) is 2.65. The van der Waals surface area contributed by atoms with Crippen molar-refractivity contribution in [3.63, 3.8) is 0 Å². The highest BCUT2D eigenvalue weighted by Gasteiger charge is 2.28. The van der Waals surface area contributed by atoms with Crippen molar-refractivity contribution in [3.05, 3.63) is 16.6 Å². The molecular weight excluding hydrogens is 278 g/mol. The summed E-state index contributed by atoms with van der Waals surface area (Å²) in [7, 11) is 1.77. The van der Waals surface area contributed by atoms with Crippen molar-refractivity contribution < 1.29 is 14.7 Å². The van der Waals surface area contributed by atoms with Crippen LogP contribution in [0, 0.1) is 5.92 Å². The first-order chi connectivity index (χ1) is 9.56. The molecule has 0 saturated carbocycles. The van der Waals surface area contributed by atoms with Crippen molar-refractivity contribution >= 4 is 23.3 Å². The maximum Gasteiger partial charge on any atom is 0.320 e. The van der Waals surface area contributed by atoms with Crippen molar-refractivity contribution in [2.45, 2.75) is 25.8 Å². The lowest BCUT2D eigenvalue weighted by atomic mass is 10.0. The molecule has 2 rings (SSSR count).